The molecule has 2 rings (SSSR count). The topological polar surface area (TPSA) is 32.3 Å². The molecule has 92 valence electrons. The largest absolute Gasteiger partial charge is 0.342 e. The molecule has 2 aliphatic rings. The number of carbonyl (C=O) groups excluding carboxylic acids is 1. The van der Waals surface area contributed by atoms with Crippen molar-refractivity contribution in [2.45, 2.75) is 39.0 Å². The van der Waals surface area contributed by atoms with Gasteiger partial charge < -0.3 is 10.2 Å². The summed E-state index contributed by atoms with van der Waals surface area (Å²) in [5.41, 5.74) is 0. The molecular formula is C13H24N2O. The van der Waals surface area contributed by atoms with E-state index < -0.39 is 0 Å². The zero-order valence-corrected chi connectivity index (χ0v) is 10.4. The van der Waals surface area contributed by atoms with E-state index in [4.69, 9.17) is 0 Å². The third-order valence-corrected chi connectivity index (χ3v) is 3.88. The number of nitrogens with zero attached hydrogens (tertiary/aromatic N) is 1. The molecule has 0 aromatic heterocycles. The Balaban J connectivity index is 1.59. The molecule has 3 nitrogen and oxygen atoms in total. The first-order valence-corrected chi connectivity index (χ1v) is 6.76. The predicted octanol–water partition coefficient (Wildman–Crippen LogP) is 1.63. The number of carbonyl (C=O) groups is 1. The summed E-state index contributed by atoms with van der Waals surface area (Å²) < 4.78 is 0. The highest BCUT2D eigenvalue weighted by molar-refractivity contribution is 5.78. The summed E-state index contributed by atoms with van der Waals surface area (Å²) in [5, 5.41) is 3.31. The molecule has 0 spiro atoms. The fourth-order valence-electron chi connectivity index (χ4n) is 2.49. The lowest BCUT2D eigenvalue weighted by atomic mass is 10.1. The second kappa shape index (κ2) is 5.67. The van der Waals surface area contributed by atoms with Gasteiger partial charge in [-0.05, 0) is 50.5 Å². The van der Waals surface area contributed by atoms with Gasteiger partial charge in [-0.2, -0.15) is 0 Å². The fourth-order valence-corrected chi connectivity index (χ4v) is 2.49. The number of amides is 1. The smallest absolute Gasteiger partial charge is 0.236 e. The normalized spacial score (nSPS) is 23.2. The molecule has 1 aliphatic carbocycles. The van der Waals surface area contributed by atoms with Crippen molar-refractivity contribution in [2.75, 3.05) is 26.2 Å². The van der Waals surface area contributed by atoms with Crippen molar-refractivity contribution in [3.63, 3.8) is 0 Å². The van der Waals surface area contributed by atoms with Gasteiger partial charge in [-0.15, -0.1) is 0 Å². The quantitative estimate of drug-likeness (QED) is 0.770. The number of piperidine rings is 1. The zero-order chi connectivity index (χ0) is 11.4. The van der Waals surface area contributed by atoms with Crippen LogP contribution in [0.5, 0.6) is 0 Å². The lowest BCUT2D eigenvalue weighted by Gasteiger charge is -2.27. The minimum absolute atomic E-state index is 0.294. The first kappa shape index (κ1) is 11.9. The van der Waals surface area contributed by atoms with E-state index in [1.807, 2.05) is 4.90 Å². The van der Waals surface area contributed by atoms with E-state index in [-0.39, 0.29) is 0 Å². The molecule has 1 aliphatic heterocycles. The van der Waals surface area contributed by atoms with Gasteiger partial charge in [0.15, 0.2) is 0 Å². The van der Waals surface area contributed by atoms with Crippen LogP contribution in [-0.2, 0) is 4.79 Å². The Morgan fingerprint density at radius 1 is 1.31 bits per heavy atom. The van der Waals surface area contributed by atoms with E-state index in [1.165, 1.54) is 32.1 Å². The number of rotatable bonds is 5. The van der Waals surface area contributed by atoms with Crippen LogP contribution in [0.3, 0.4) is 0 Å². The van der Waals surface area contributed by atoms with Crippen LogP contribution in [-0.4, -0.2) is 37.0 Å². The molecule has 16 heavy (non-hydrogen) atoms. The van der Waals surface area contributed by atoms with E-state index in [0.29, 0.717) is 12.5 Å². The number of likely N-dealkylation sites (tertiary alicyclic amines) is 1. The Hall–Kier alpha value is -0.570. The maximum absolute atomic E-state index is 11.8. The Morgan fingerprint density at radius 3 is 2.62 bits per heavy atom. The maximum atomic E-state index is 11.8. The van der Waals surface area contributed by atoms with Crippen molar-refractivity contribution < 1.29 is 4.79 Å². The Bertz CT molecular complexity index is 232. The van der Waals surface area contributed by atoms with E-state index in [9.17, 15) is 4.79 Å². The molecule has 0 bridgehead atoms. The molecule has 1 saturated carbocycles. The van der Waals surface area contributed by atoms with Gasteiger partial charge >= 0.3 is 0 Å². The van der Waals surface area contributed by atoms with Crippen LogP contribution in [0.1, 0.15) is 39.0 Å². The predicted molar refractivity (Wildman–Crippen MR) is 65.2 cm³/mol. The Kier molecular flexibility index (Phi) is 4.22. The van der Waals surface area contributed by atoms with Crippen molar-refractivity contribution in [3.8, 4) is 0 Å². The summed E-state index contributed by atoms with van der Waals surface area (Å²) in [7, 11) is 0. The van der Waals surface area contributed by atoms with Gasteiger partial charge in [-0.1, -0.05) is 6.92 Å². The summed E-state index contributed by atoms with van der Waals surface area (Å²) in [6.45, 7) is 5.77. The van der Waals surface area contributed by atoms with Gasteiger partial charge in [0.1, 0.15) is 0 Å². The van der Waals surface area contributed by atoms with Crippen LogP contribution in [0, 0.1) is 11.8 Å². The average Bonchev–Trinajstić information content (AvgIpc) is 3.14. The molecule has 1 atom stereocenters. The highest BCUT2D eigenvalue weighted by Gasteiger charge is 2.27. The molecule has 1 amide bonds. The molecule has 0 aromatic carbocycles. The van der Waals surface area contributed by atoms with E-state index in [0.717, 1.165) is 31.5 Å². The van der Waals surface area contributed by atoms with Crippen molar-refractivity contribution in [3.05, 3.63) is 0 Å². The lowest BCUT2D eigenvalue weighted by molar-refractivity contribution is -0.131. The summed E-state index contributed by atoms with van der Waals surface area (Å²) in [4.78, 5) is 13.8. The second-order valence-corrected chi connectivity index (χ2v) is 5.39. The van der Waals surface area contributed by atoms with Crippen LogP contribution in [0.25, 0.3) is 0 Å². The Labute approximate surface area is 98.6 Å². The van der Waals surface area contributed by atoms with Gasteiger partial charge in [0.2, 0.25) is 5.91 Å². The highest BCUT2D eigenvalue weighted by atomic mass is 16.2. The van der Waals surface area contributed by atoms with Gasteiger partial charge in [0, 0.05) is 13.1 Å². The minimum atomic E-state index is 0.294. The van der Waals surface area contributed by atoms with Gasteiger partial charge in [-0.3, -0.25) is 4.79 Å². The lowest BCUT2D eigenvalue weighted by Crippen LogP contribution is -2.42. The number of hydrogen-bond acceptors (Lipinski definition) is 2. The standard InChI is InChI=1S/C13H24N2O/c1-11(12-5-6-12)9-14-10-13(16)15-7-3-2-4-8-15/h11-12,14H,2-10H2,1H3. The minimum Gasteiger partial charge on any atom is -0.342 e. The molecule has 2 fully saturated rings. The molecule has 3 heteroatoms. The Morgan fingerprint density at radius 2 is 2.00 bits per heavy atom. The third-order valence-electron chi connectivity index (χ3n) is 3.88. The van der Waals surface area contributed by atoms with Gasteiger partial charge in [0.25, 0.3) is 0 Å². The van der Waals surface area contributed by atoms with E-state index in [1.54, 1.807) is 0 Å². The van der Waals surface area contributed by atoms with E-state index in [2.05, 4.69) is 12.2 Å². The fraction of sp³-hybridized carbons (Fsp3) is 0.923. The molecule has 1 N–H and O–H groups in total. The molecule has 0 radical (unpaired) electrons. The average molecular weight is 224 g/mol. The van der Waals surface area contributed by atoms with Crippen LogP contribution < -0.4 is 5.32 Å². The van der Waals surface area contributed by atoms with Crippen LogP contribution in [0.2, 0.25) is 0 Å². The first-order chi connectivity index (χ1) is 7.77. The first-order valence-electron chi connectivity index (χ1n) is 6.76. The molecular weight excluding hydrogens is 200 g/mol. The summed E-state index contributed by atoms with van der Waals surface area (Å²) >= 11 is 0. The monoisotopic (exact) mass is 224 g/mol. The summed E-state index contributed by atoms with van der Waals surface area (Å²) in [5.74, 6) is 1.97. The van der Waals surface area contributed by atoms with Crippen molar-refractivity contribution >= 4 is 5.91 Å². The van der Waals surface area contributed by atoms with Gasteiger partial charge in [-0.25, -0.2) is 0 Å². The summed E-state index contributed by atoms with van der Waals surface area (Å²) in [6, 6.07) is 0. The SMILES string of the molecule is CC(CNCC(=O)N1CCCCC1)C1CC1. The van der Waals surface area contributed by atoms with Crippen LogP contribution in [0.4, 0.5) is 0 Å². The summed E-state index contributed by atoms with van der Waals surface area (Å²) in [6.07, 6.45) is 6.44. The molecule has 1 heterocycles. The highest BCUT2D eigenvalue weighted by Crippen LogP contribution is 2.35. The van der Waals surface area contributed by atoms with Crippen molar-refractivity contribution in [1.29, 1.82) is 0 Å². The second-order valence-electron chi connectivity index (χ2n) is 5.39. The number of nitrogens with one attached hydrogen (secondary N) is 1. The van der Waals surface area contributed by atoms with E-state index >= 15 is 0 Å². The molecule has 1 saturated heterocycles. The number of hydrogen-bond donors (Lipinski definition) is 1. The maximum Gasteiger partial charge on any atom is 0.236 e. The molecule has 0 aromatic rings. The zero-order valence-electron chi connectivity index (χ0n) is 10.4. The van der Waals surface area contributed by atoms with Crippen molar-refractivity contribution in [2.24, 2.45) is 11.8 Å². The van der Waals surface area contributed by atoms with Crippen LogP contribution in [0.15, 0.2) is 0 Å². The van der Waals surface area contributed by atoms with Gasteiger partial charge in [0.05, 0.1) is 6.54 Å². The van der Waals surface area contributed by atoms with Crippen molar-refractivity contribution in [1.82, 2.24) is 10.2 Å². The molecule has 1 unspecified atom stereocenters. The third kappa shape index (κ3) is 3.48. The van der Waals surface area contributed by atoms with Crippen LogP contribution >= 0.6 is 0 Å².